The number of aromatic amines is 1. The Morgan fingerprint density at radius 3 is 2.77 bits per heavy atom. The summed E-state index contributed by atoms with van der Waals surface area (Å²) in [6.45, 7) is 0.851. The lowest BCUT2D eigenvalue weighted by molar-refractivity contribution is -0.136. The minimum absolute atomic E-state index is 0.0451. The van der Waals surface area contributed by atoms with Crippen LogP contribution < -0.4 is 10.5 Å². The van der Waals surface area contributed by atoms with E-state index in [1.807, 2.05) is 0 Å². The zero-order valence-electron chi connectivity index (χ0n) is 11.6. The van der Waals surface area contributed by atoms with Gasteiger partial charge in [0.1, 0.15) is 0 Å². The average Bonchev–Trinajstić information content (AvgIpc) is 2.93. The van der Waals surface area contributed by atoms with Gasteiger partial charge in [0, 0.05) is 39.7 Å². The minimum atomic E-state index is -4.54. The molecule has 3 rings (SSSR count). The monoisotopic (exact) mass is 422 g/mol. The third-order valence-corrected chi connectivity index (χ3v) is 5.04. The first-order chi connectivity index (χ1) is 10.4. The van der Waals surface area contributed by atoms with E-state index in [2.05, 4.69) is 32.5 Å². The van der Waals surface area contributed by atoms with E-state index in [9.17, 15) is 18.0 Å². The van der Waals surface area contributed by atoms with Crippen molar-refractivity contribution >= 4 is 39.2 Å². The Morgan fingerprint density at radius 1 is 1.32 bits per heavy atom. The van der Waals surface area contributed by atoms with Gasteiger partial charge in [0.05, 0.1) is 5.56 Å². The van der Waals surface area contributed by atoms with Gasteiger partial charge in [0.15, 0.2) is 0 Å². The largest absolute Gasteiger partial charge is 0.417 e. The number of hydrogen-bond acceptors (Lipinski definition) is 2. The van der Waals surface area contributed by atoms with E-state index >= 15 is 0 Å². The first kappa shape index (κ1) is 15.6. The van der Waals surface area contributed by atoms with Gasteiger partial charge in [-0.2, -0.15) is 13.2 Å². The summed E-state index contributed by atoms with van der Waals surface area (Å²) in [5.41, 5.74) is -0.616. The van der Waals surface area contributed by atoms with Crippen molar-refractivity contribution in [3.8, 4) is 0 Å². The van der Waals surface area contributed by atoms with Gasteiger partial charge in [0.2, 0.25) is 5.56 Å². The highest BCUT2D eigenvalue weighted by Crippen LogP contribution is 2.36. The number of nitrogens with zero attached hydrogens (tertiary/aromatic N) is 1. The highest BCUT2D eigenvalue weighted by Gasteiger charge is 2.33. The molecule has 3 nitrogen and oxygen atoms in total. The molecule has 1 saturated heterocycles. The minimum Gasteiger partial charge on any atom is -0.368 e. The Kier molecular flexibility index (Phi) is 4.09. The molecule has 118 valence electrons. The number of alkyl halides is 4. The molecule has 1 atom stereocenters. The fourth-order valence-corrected chi connectivity index (χ4v) is 3.91. The predicted octanol–water partition coefficient (Wildman–Crippen LogP) is 3.95. The lowest BCUT2D eigenvalue weighted by Crippen LogP contribution is -2.30. The molecule has 1 aromatic carbocycles. The summed E-state index contributed by atoms with van der Waals surface area (Å²) in [6, 6.07) is 5.87. The molecule has 1 N–H and O–H groups in total. The van der Waals surface area contributed by atoms with Crippen molar-refractivity contribution in [2.45, 2.75) is 25.1 Å². The van der Waals surface area contributed by atoms with Gasteiger partial charge < -0.3 is 9.88 Å². The van der Waals surface area contributed by atoms with E-state index in [4.69, 9.17) is 0 Å². The molecule has 2 heterocycles. The van der Waals surface area contributed by atoms with Crippen LogP contribution in [0.5, 0.6) is 0 Å². The first-order valence-electron chi connectivity index (χ1n) is 6.97. The molecule has 0 radical (unpaired) electrons. The summed E-state index contributed by atoms with van der Waals surface area (Å²) in [4.78, 5) is 16.0. The Hall–Kier alpha value is -1.25. The van der Waals surface area contributed by atoms with Crippen molar-refractivity contribution in [2.24, 2.45) is 0 Å². The molecule has 1 fully saturated rings. The van der Waals surface area contributed by atoms with Crippen molar-refractivity contribution in [3.63, 3.8) is 0 Å². The summed E-state index contributed by atoms with van der Waals surface area (Å²) in [6.07, 6.45) is -2.44. The molecule has 1 aromatic heterocycles. The van der Waals surface area contributed by atoms with Crippen LogP contribution >= 0.6 is 22.6 Å². The highest BCUT2D eigenvalue weighted by molar-refractivity contribution is 14.1. The molecule has 0 aliphatic carbocycles. The zero-order valence-corrected chi connectivity index (χ0v) is 13.7. The standard InChI is InChI=1S/C15H14F3IN2O/c16-15(17,18)12-7-14(22)20-13-4-3-9(6-11(12)13)21-5-1-2-10(21)8-19/h3-4,6-7,10H,1-2,5,8H2,(H,20,22)/t10-/m1/s1. The molecule has 0 unspecified atom stereocenters. The van der Waals surface area contributed by atoms with Gasteiger partial charge in [-0.1, -0.05) is 22.6 Å². The maximum Gasteiger partial charge on any atom is 0.417 e. The summed E-state index contributed by atoms with van der Waals surface area (Å²) < 4.78 is 40.5. The average molecular weight is 422 g/mol. The van der Waals surface area contributed by atoms with Gasteiger partial charge >= 0.3 is 6.18 Å². The summed E-state index contributed by atoms with van der Waals surface area (Å²) in [5.74, 6) is 0. The van der Waals surface area contributed by atoms with Crippen LogP contribution in [0.15, 0.2) is 29.1 Å². The van der Waals surface area contributed by atoms with E-state index in [0.717, 1.165) is 29.5 Å². The number of benzene rings is 1. The van der Waals surface area contributed by atoms with Gasteiger partial charge in [0.25, 0.3) is 0 Å². The van der Waals surface area contributed by atoms with Gasteiger partial charge in [-0.05, 0) is 31.0 Å². The molecule has 22 heavy (non-hydrogen) atoms. The second-order valence-electron chi connectivity index (χ2n) is 5.42. The summed E-state index contributed by atoms with van der Waals surface area (Å²) >= 11 is 2.30. The van der Waals surface area contributed by atoms with Crippen LogP contribution in [0.2, 0.25) is 0 Å². The number of fused-ring (bicyclic) bond motifs is 1. The van der Waals surface area contributed by atoms with Crippen LogP contribution in [0.25, 0.3) is 10.9 Å². The molecule has 0 bridgehead atoms. The number of nitrogens with one attached hydrogen (secondary N) is 1. The molecular weight excluding hydrogens is 408 g/mol. The SMILES string of the molecule is O=c1cc(C(F)(F)F)c2cc(N3CCC[C@@H]3CI)ccc2[nH]1. The molecule has 0 amide bonds. The number of H-pyrrole nitrogens is 1. The van der Waals surface area contributed by atoms with E-state index in [1.165, 1.54) is 0 Å². The van der Waals surface area contributed by atoms with Crippen molar-refractivity contribution < 1.29 is 13.2 Å². The van der Waals surface area contributed by atoms with E-state index in [0.29, 0.717) is 12.1 Å². The number of rotatable bonds is 2. The Bertz CT molecular complexity index is 757. The van der Waals surface area contributed by atoms with Crippen LogP contribution in [-0.4, -0.2) is 22.0 Å². The molecule has 1 aliphatic heterocycles. The van der Waals surface area contributed by atoms with E-state index in [-0.39, 0.29) is 10.9 Å². The van der Waals surface area contributed by atoms with Crippen molar-refractivity contribution in [3.05, 3.63) is 40.2 Å². The van der Waals surface area contributed by atoms with Gasteiger partial charge in [-0.25, -0.2) is 0 Å². The third kappa shape index (κ3) is 2.82. The van der Waals surface area contributed by atoms with Crippen LogP contribution in [0.1, 0.15) is 18.4 Å². The fraction of sp³-hybridized carbons (Fsp3) is 0.400. The van der Waals surface area contributed by atoms with Crippen molar-refractivity contribution in [1.82, 2.24) is 4.98 Å². The molecule has 0 spiro atoms. The lowest BCUT2D eigenvalue weighted by Gasteiger charge is -2.26. The van der Waals surface area contributed by atoms with Crippen LogP contribution in [0, 0.1) is 0 Å². The third-order valence-electron chi connectivity index (χ3n) is 4.02. The van der Waals surface area contributed by atoms with Crippen LogP contribution in [0.4, 0.5) is 18.9 Å². The van der Waals surface area contributed by atoms with Gasteiger partial charge in [-0.15, -0.1) is 0 Å². The highest BCUT2D eigenvalue weighted by atomic mass is 127. The molecule has 7 heteroatoms. The molecule has 1 aliphatic rings. The topological polar surface area (TPSA) is 36.1 Å². The molecule has 0 saturated carbocycles. The normalized spacial score (nSPS) is 19.1. The van der Waals surface area contributed by atoms with Gasteiger partial charge in [-0.3, -0.25) is 4.79 Å². The Morgan fingerprint density at radius 2 is 2.09 bits per heavy atom. The summed E-state index contributed by atoms with van der Waals surface area (Å²) in [7, 11) is 0. The molecular formula is C15H14F3IN2O. The van der Waals surface area contributed by atoms with Crippen molar-refractivity contribution in [1.29, 1.82) is 0 Å². The second-order valence-corrected chi connectivity index (χ2v) is 6.30. The van der Waals surface area contributed by atoms with Crippen LogP contribution in [0.3, 0.4) is 0 Å². The van der Waals surface area contributed by atoms with E-state index in [1.54, 1.807) is 18.2 Å². The number of anilines is 1. The van der Waals surface area contributed by atoms with Crippen LogP contribution in [-0.2, 0) is 6.18 Å². The fourth-order valence-electron chi connectivity index (χ4n) is 2.99. The summed E-state index contributed by atoms with van der Waals surface area (Å²) in [5, 5.41) is 0.0451. The number of pyridine rings is 1. The Balaban J connectivity index is 2.16. The smallest absolute Gasteiger partial charge is 0.368 e. The number of aromatic nitrogens is 1. The zero-order chi connectivity index (χ0) is 15.9. The van der Waals surface area contributed by atoms with Crippen molar-refractivity contribution in [2.75, 3.05) is 15.9 Å². The Labute approximate surface area is 138 Å². The number of halogens is 4. The molecule has 2 aromatic rings. The quantitative estimate of drug-likeness (QED) is 0.588. The maximum atomic E-state index is 13.2. The predicted molar refractivity (Wildman–Crippen MR) is 88.8 cm³/mol. The maximum absolute atomic E-state index is 13.2. The number of hydrogen-bond donors (Lipinski definition) is 1. The van der Waals surface area contributed by atoms with E-state index < -0.39 is 17.3 Å². The second kappa shape index (κ2) is 5.75. The lowest BCUT2D eigenvalue weighted by atomic mass is 10.1. The first-order valence-corrected chi connectivity index (χ1v) is 8.49.